The molecule has 1 aromatic heterocycles. The minimum atomic E-state index is -0.482. The molecule has 41 heavy (non-hydrogen) atoms. The average molecular weight is 566 g/mol. The van der Waals surface area contributed by atoms with E-state index < -0.39 is 24.3 Å². The number of carbonyl (C=O) groups is 2. The Morgan fingerprint density at radius 2 is 1.61 bits per heavy atom. The Bertz CT molecular complexity index is 1210. The van der Waals surface area contributed by atoms with Crippen LogP contribution in [0.15, 0.2) is 30.5 Å². The second-order valence-corrected chi connectivity index (χ2v) is 12.7. The summed E-state index contributed by atoms with van der Waals surface area (Å²) in [6.45, 7) is 13.5. The van der Waals surface area contributed by atoms with Crippen LogP contribution in [-0.2, 0) is 23.6 Å². The van der Waals surface area contributed by atoms with Crippen LogP contribution in [0.3, 0.4) is 0 Å². The van der Waals surface area contributed by atoms with E-state index in [0.717, 1.165) is 36.8 Å². The standard InChI is InChI=1S/C31H44BN3O6/c1-7-39-29(37)26-20-34(24-14-12-23(13-15-24)32-40-30(3,4)31(5,6)41-32)33-27(26)35(25-16-18-38-19-17-25)28(36)22-10-8-21(2)9-11-22/h12-15,20-22,25H,7-11,16-19H2,1-6H3/t21-,22-. The van der Waals surface area contributed by atoms with Crippen molar-refractivity contribution in [2.75, 3.05) is 24.7 Å². The van der Waals surface area contributed by atoms with E-state index >= 15 is 0 Å². The molecule has 1 aromatic carbocycles. The van der Waals surface area contributed by atoms with Crippen LogP contribution in [0.5, 0.6) is 0 Å². The quantitative estimate of drug-likeness (QED) is 0.356. The van der Waals surface area contributed by atoms with Crippen molar-refractivity contribution in [1.82, 2.24) is 9.78 Å². The molecule has 222 valence electrons. The number of aromatic nitrogens is 2. The van der Waals surface area contributed by atoms with Gasteiger partial charge in [0, 0.05) is 31.4 Å². The van der Waals surface area contributed by atoms with Gasteiger partial charge in [0.15, 0.2) is 5.82 Å². The van der Waals surface area contributed by atoms with E-state index in [9.17, 15) is 9.59 Å². The molecule has 0 N–H and O–H groups in total. The Kier molecular flexibility index (Phi) is 8.65. The Balaban J connectivity index is 1.48. The lowest BCUT2D eigenvalue weighted by molar-refractivity contribution is -0.124. The van der Waals surface area contributed by atoms with Crippen LogP contribution in [0.25, 0.3) is 5.69 Å². The minimum Gasteiger partial charge on any atom is -0.462 e. The highest BCUT2D eigenvalue weighted by Gasteiger charge is 2.51. The molecule has 5 rings (SSSR count). The maximum atomic E-state index is 14.1. The fourth-order valence-electron chi connectivity index (χ4n) is 5.90. The van der Waals surface area contributed by atoms with Crippen LogP contribution in [0.1, 0.15) is 90.4 Å². The van der Waals surface area contributed by atoms with Crippen molar-refractivity contribution in [3.8, 4) is 5.69 Å². The first-order chi connectivity index (χ1) is 19.5. The van der Waals surface area contributed by atoms with Crippen LogP contribution in [0, 0.1) is 11.8 Å². The Morgan fingerprint density at radius 1 is 1.00 bits per heavy atom. The molecule has 9 nitrogen and oxygen atoms in total. The van der Waals surface area contributed by atoms with Gasteiger partial charge in [-0.15, -0.1) is 5.10 Å². The molecule has 0 spiro atoms. The number of benzene rings is 1. The lowest BCUT2D eigenvalue weighted by Gasteiger charge is -2.37. The summed E-state index contributed by atoms with van der Waals surface area (Å²) in [6, 6.07) is 7.67. The van der Waals surface area contributed by atoms with Gasteiger partial charge in [-0.05, 0) is 96.7 Å². The fourth-order valence-corrected chi connectivity index (χ4v) is 5.90. The van der Waals surface area contributed by atoms with Gasteiger partial charge in [-0.1, -0.05) is 19.1 Å². The maximum absolute atomic E-state index is 14.1. The van der Waals surface area contributed by atoms with Crippen LogP contribution in [0.2, 0.25) is 0 Å². The number of amides is 1. The predicted molar refractivity (Wildman–Crippen MR) is 158 cm³/mol. The van der Waals surface area contributed by atoms with Gasteiger partial charge >= 0.3 is 13.1 Å². The molecule has 0 bridgehead atoms. The lowest BCUT2D eigenvalue weighted by Crippen LogP contribution is -2.47. The van der Waals surface area contributed by atoms with Crippen LogP contribution in [0.4, 0.5) is 5.82 Å². The summed E-state index contributed by atoms with van der Waals surface area (Å²) in [5.74, 6) is 0.493. The highest BCUT2D eigenvalue weighted by Crippen LogP contribution is 2.37. The van der Waals surface area contributed by atoms with Gasteiger partial charge < -0.3 is 18.8 Å². The summed E-state index contributed by atoms with van der Waals surface area (Å²) < 4.78 is 25.1. The van der Waals surface area contributed by atoms with E-state index in [1.165, 1.54) is 0 Å². The zero-order chi connectivity index (χ0) is 29.4. The van der Waals surface area contributed by atoms with E-state index in [1.54, 1.807) is 22.7 Å². The maximum Gasteiger partial charge on any atom is 0.494 e. The van der Waals surface area contributed by atoms with Gasteiger partial charge in [0.05, 0.1) is 23.5 Å². The molecule has 1 amide bonds. The largest absolute Gasteiger partial charge is 0.494 e. The highest BCUT2D eigenvalue weighted by atomic mass is 16.7. The van der Waals surface area contributed by atoms with Crippen molar-refractivity contribution in [2.45, 2.75) is 97.3 Å². The van der Waals surface area contributed by atoms with Crippen molar-refractivity contribution >= 4 is 30.3 Å². The smallest absolute Gasteiger partial charge is 0.462 e. The van der Waals surface area contributed by atoms with Crippen molar-refractivity contribution in [3.05, 3.63) is 36.0 Å². The van der Waals surface area contributed by atoms with Gasteiger partial charge in [0.2, 0.25) is 5.91 Å². The van der Waals surface area contributed by atoms with E-state index in [-0.39, 0.29) is 24.5 Å². The first-order valence-electron chi connectivity index (χ1n) is 15.1. The van der Waals surface area contributed by atoms with Gasteiger partial charge in [-0.2, -0.15) is 0 Å². The average Bonchev–Trinajstić information content (AvgIpc) is 3.47. The third-order valence-electron chi connectivity index (χ3n) is 9.26. The Morgan fingerprint density at radius 3 is 2.20 bits per heavy atom. The van der Waals surface area contributed by atoms with Crippen molar-refractivity contribution in [1.29, 1.82) is 0 Å². The number of nitrogens with zero attached hydrogens (tertiary/aromatic N) is 3. The zero-order valence-electron chi connectivity index (χ0n) is 25.4. The van der Waals surface area contributed by atoms with Crippen LogP contribution < -0.4 is 10.4 Å². The summed E-state index contributed by atoms with van der Waals surface area (Å²) in [4.78, 5) is 29.1. The molecule has 2 aromatic rings. The van der Waals surface area contributed by atoms with E-state index in [0.29, 0.717) is 43.4 Å². The molecular weight excluding hydrogens is 521 g/mol. The first-order valence-corrected chi connectivity index (χ1v) is 15.1. The number of esters is 1. The Hall–Kier alpha value is -2.69. The molecule has 3 heterocycles. The molecule has 2 saturated heterocycles. The summed E-state index contributed by atoms with van der Waals surface area (Å²) in [7, 11) is -0.475. The highest BCUT2D eigenvalue weighted by molar-refractivity contribution is 6.62. The monoisotopic (exact) mass is 565 g/mol. The molecule has 3 aliphatic rings. The first kappa shape index (κ1) is 29.8. The van der Waals surface area contributed by atoms with Crippen molar-refractivity contribution in [2.24, 2.45) is 11.8 Å². The van der Waals surface area contributed by atoms with Gasteiger partial charge in [-0.25, -0.2) is 9.48 Å². The number of ether oxygens (including phenoxy) is 2. The van der Waals surface area contributed by atoms with E-state index in [1.807, 2.05) is 52.0 Å². The molecule has 0 unspecified atom stereocenters. The topological polar surface area (TPSA) is 92.1 Å². The normalized spacial score (nSPS) is 24.3. The zero-order valence-corrected chi connectivity index (χ0v) is 25.4. The summed E-state index contributed by atoms with van der Waals surface area (Å²) >= 11 is 0. The molecule has 2 aliphatic heterocycles. The molecule has 1 saturated carbocycles. The third kappa shape index (κ3) is 6.10. The minimum absolute atomic E-state index is 0.0516. The van der Waals surface area contributed by atoms with Gasteiger partial charge in [-0.3, -0.25) is 9.69 Å². The van der Waals surface area contributed by atoms with Gasteiger partial charge in [0.1, 0.15) is 5.56 Å². The van der Waals surface area contributed by atoms with Crippen molar-refractivity contribution < 1.29 is 28.4 Å². The number of hydrogen-bond acceptors (Lipinski definition) is 7. The molecule has 0 radical (unpaired) electrons. The van der Waals surface area contributed by atoms with Crippen LogP contribution >= 0.6 is 0 Å². The van der Waals surface area contributed by atoms with Crippen LogP contribution in [-0.4, -0.2) is 65.8 Å². The van der Waals surface area contributed by atoms with Gasteiger partial charge in [0.25, 0.3) is 0 Å². The van der Waals surface area contributed by atoms with E-state index in [4.69, 9.17) is 23.9 Å². The molecule has 3 fully saturated rings. The summed E-state index contributed by atoms with van der Waals surface area (Å²) in [5.41, 5.74) is 1.09. The van der Waals surface area contributed by atoms with E-state index in [2.05, 4.69) is 6.92 Å². The molecule has 1 aliphatic carbocycles. The summed E-state index contributed by atoms with van der Waals surface area (Å²) in [5, 5.41) is 4.88. The molecular formula is C31H44BN3O6. The molecule has 10 heteroatoms. The third-order valence-corrected chi connectivity index (χ3v) is 9.26. The second-order valence-electron chi connectivity index (χ2n) is 12.7. The Labute approximate surface area is 244 Å². The second kappa shape index (κ2) is 11.9. The number of anilines is 1. The fraction of sp³-hybridized carbons (Fsp3) is 0.645. The predicted octanol–water partition coefficient (Wildman–Crippen LogP) is 4.69. The SMILES string of the molecule is CCOC(=O)c1cn(-c2ccc(B3OC(C)(C)C(C)(C)O3)cc2)nc1N(C(=O)[C@H]1CC[C@H](C)CC1)C1CCOCC1. The summed E-state index contributed by atoms with van der Waals surface area (Å²) in [6.07, 6.45) is 6.86. The number of rotatable bonds is 7. The molecule has 0 atom stereocenters. The number of hydrogen-bond donors (Lipinski definition) is 0. The number of carbonyl (C=O) groups excluding carboxylic acids is 2. The van der Waals surface area contributed by atoms with Crippen molar-refractivity contribution in [3.63, 3.8) is 0 Å². The lowest BCUT2D eigenvalue weighted by atomic mass is 9.79.